The average molecular weight is 609 g/mol. The van der Waals surface area contributed by atoms with Gasteiger partial charge in [-0.2, -0.15) is 0 Å². The predicted molar refractivity (Wildman–Crippen MR) is 170 cm³/mol. The van der Waals surface area contributed by atoms with Gasteiger partial charge in [-0.3, -0.25) is 14.4 Å². The first kappa shape index (κ1) is 29.9. The van der Waals surface area contributed by atoms with Crippen LogP contribution in [-0.4, -0.2) is 84.2 Å². The van der Waals surface area contributed by atoms with Crippen molar-refractivity contribution in [2.75, 3.05) is 75.0 Å². The van der Waals surface area contributed by atoms with Crippen molar-refractivity contribution in [3.8, 4) is 11.3 Å². The van der Waals surface area contributed by atoms with Crippen LogP contribution in [-0.2, 0) is 19.6 Å². The highest BCUT2D eigenvalue weighted by Crippen LogP contribution is 2.32. The number of nitrogens with zero attached hydrogens (tertiary/aromatic N) is 3. The lowest BCUT2D eigenvalue weighted by molar-refractivity contribution is -0.115. The Balaban J connectivity index is 1.19. The second kappa shape index (κ2) is 13.6. The fourth-order valence-corrected chi connectivity index (χ4v) is 6.93. The fourth-order valence-electron chi connectivity index (χ4n) is 4.92. The molecule has 4 aromatic rings. The summed E-state index contributed by atoms with van der Waals surface area (Å²) < 4.78 is 35.0. The van der Waals surface area contributed by atoms with E-state index in [1.807, 2.05) is 54.7 Å². The van der Waals surface area contributed by atoms with Gasteiger partial charge in [-0.1, -0.05) is 36.4 Å². The summed E-state index contributed by atoms with van der Waals surface area (Å²) in [6.45, 7) is 5.45. The van der Waals surface area contributed by atoms with Crippen LogP contribution in [0.5, 0.6) is 0 Å². The molecule has 0 bridgehead atoms. The minimum atomic E-state index is -3.87. The normalized spacial score (nSPS) is 14.1. The third kappa shape index (κ3) is 7.44. The monoisotopic (exact) mass is 608 g/mol. The molecule has 222 valence electrons. The van der Waals surface area contributed by atoms with Crippen molar-refractivity contribution < 1.29 is 17.9 Å². The number of sulfonamides is 1. The summed E-state index contributed by atoms with van der Waals surface area (Å²) in [6, 6.07) is 18.0. The zero-order valence-corrected chi connectivity index (χ0v) is 25.4. The SMILES string of the molecule is CN(C)c1cccc2c(S(=O)(=O)Nc3cccc(-c4csc(NC(=O)CNCCCN5CCOCC5)n4)c3)cccc12. The Morgan fingerprint density at radius 3 is 2.62 bits per heavy atom. The van der Waals surface area contributed by atoms with Gasteiger partial charge in [0, 0.05) is 60.3 Å². The fraction of sp³-hybridized carbons (Fsp3) is 0.333. The first-order valence-corrected chi connectivity index (χ1v) is 16.2. The number of rotatable bonds is 12. The van der Waals surface area contributed by atoms with E-state index in [1.165, 1.54) is 11.3 Å². The molecule has 0 aliphatic carbocycles. The van der Waals surface area contributed by atoms with Crippen LogP contribution >= 0.6 is 11.3 Å². The molecular formula is C30H36N6O4S2. The van der Waals surface area contributed by atoms with Crippen molar-refractivity contribution in [3.05, 3.63) is 66.0 Å². The zero-order chi connectivity index (χ0) is 29.5. The molecule has 10 nitrogen and oxygen atoms in total. The number of benzene rings is 3. The number of aromatic nitrogens is 1. The molecule has 0 unspecified atom stereocenters. The van der Waals surface area contributed by atoms with E-state index in [0.29, 0.717) is 21.9 Å². The zero-order valence-electron chi connectivity index (χ0n) is 23.8. The lowest BCUT2D eigenvalue weighted by Gasteiger charge is -2.26. The van der Waals surface area contributed by atoms with E-state index in [2.05, 4.69) is 25.2 Å². The topological polar surface area (TPSA) is 116 Å². The minimum Gasteiger partial charge on any atom is -0.379 e. The van der Waals surface area contributed by atoms with Crippen LogP contribution in [0.2, 0.25) is 0 Å². The van der Waals surface area contributed by atoms with Crippen LogP contribution in [0, 0.1) is 0 Å². The summed E-state index contributed by atoms with van der Waals surface area (Å²) in [5.74, 6) is -0.156. The summed E-state index contributed by atoms with van der Waals surface area (Å²) in [5.41, 5.74) is 2.75. The summed E-state index contributed by atoms with van der Waals surface area (Å²) in [4.78, 5) is 21.5. The van der Waals surface area contributed by atoms with Crippen LogP contribution in [0.3, 0.4) is 0 Å². The number of fused-ring (bicyclic) bond motifs is 1. The lowest BCUT2D eigenvalue weighted by atomic mass is 10.1. The highest BCUT2D eigenvalue weighted by Gasteiger charge is 2.19. The molecule has 0 saturated carbocycles. The van der Waals surface area contributed by atoms with Gasteiger partial charge in [0.25, 0.3) is 10.0 Å². The summed E-state index contributed by atoms with van der Waals surface area (Å²) in [5, 5.41) is 9.87. The lowest BCUT2D eigenvalue weighted by Crippen LogP contribution is -2.38. The standard InChI is InChI=1S/C30H36N6O4S2/c1-35(2)27-11-4-10-25-24(27)9-5-12-28(25)42(38,39)34-23-8-3-7-22(19-23)26-21-41-30(32-26)33-29(37)20-31-13-6-14-36-15-17-40-18-16-36/h3-5,7-12,19,21,31,34H,6,13-18,20H2,1-2H3,(H,32,33,37). The maximum Gasteiger partial charge on any atom is 0.262 e. The van der Waals surface area contributed by atoms with Gasteiger partial charge in [0.1, 0.15) is 0 Å². The Morgan fingerprint density at radius 2 is 1.81 bits per heavy atom. The second-order valence-corrected chi connectivity index (χ2v) is 12.8. The Bertz CT molecular complexity index is 1630. The molecule has 0 atom stereocenters. The smallest absolute Gasteiger partial charge is 0.262 e. The molecule has 1 fully saturated rings. The molecule has 0 radical (unpaired) electrons. The number of thiazole rings is 1. The number of morpholine rings is 1. The van der Waals surface area contributed by atoms with Gasteiger partial charge < -0.3 is 20.3 Å². The van der Waals surface area contributed by atoms with Crippen molar-refractivity contribution >= 4 is 54.5 Å². The first-order chi connectivity index (χ1) is 20.3. The van der Waals surface area contributed by atoms with E-state index in [4.69, 9.17) is 4.74 Å². The second-order valence-electron chi connectivity index (χ2n) is 10.3. The van der Waals surface area contributed by atoms with Crippen LogP contribution in [0.1, 0.15) is 6.42 Å². The largest absolute Gasteiger partial charge is 0.379 e. The van der Waals surface area contributed by atoms with E-state index in [1.54, 1.807) is 30.3 Å². The van der Waals surface area contributed by atoms with E-state index < -0.39 is 10.0 Å². The molecule has 2 heterocycles. The number of hydrogen-bond acceptors (Lipinski definition) is 9. The number of amides is 1. The Labute approximate surface area is 250 Å². The number of hydrogen-bond donors (Lipinski definition) is 3. The molecule has 12 heteroatoms. The predicted octanol–water partition coefficient (Wildman–Crippen LogP) is 4.08. The van der Waals surface area contributed by atoms with Gasteiger partial charge in [0.15, 0.2) is 5.13 Å². The van der Waals surface area contributed by atoms with Crippen LogP contribution in [0.25, 0.3) is 22.0 Å². The number of carbonyl (C=O) groups excluding carboxylic acids is 1. The van der Waals surface area contributed by atoms with E-state index in [-0.39, 0.29) is 17.3 Å². The summed E-state index contributed by atoms with van der Waals surface area (Å²) >= 11 is 1.32. The Morgan fingerprint density at radius 1 is 1.05 bits per heavy atom. The van der Waals surface area contributed by atoms with E-state index >= 15 is 0 Å². The van der Waals surface area contributed by atoms with Gasteiger partial charge in [0.05, 0.1) is 30.3 Å². The molecule has 3 N–H and O–H groups in total. The van der Waals surface area contributed by atoms with Gasteiger partial charge >= 0.3 is 0 Å². The number of nitrogens with one attached hydrogen (secondary N) is 3. The highest BCUT2D eigenvalue weighted by atomic mass is 32.2. The first-order valence-electron chi connectivity index (χ1n) is 13.9. The molecule has 0 spiro atoms. The Kier molecular flexibility index (Phi) is 9.70. The minimum absolute atomic E-state index is 0.156. The van der Waals surface area contributed by atoms with Crippen molar-refractivity contribution in [1.82, 2.24) is 15.2 Å². The molecular weight excluding hydrogens is 573 g/mol. The highest BCUT2D eigenvalue weighted by molar-refractivity contribution is 7.93. The Hall–Kier alpha value is -3.55. The number of ether oxygens (including phenoxy) is 1. The van der Waals surface area contributed by atoms with Crippen LogP contribution in [0.4, 0.5) is 16.5 Å². The molecule has 1 aliphatic heterocycles. The summed E-state index contributed by atoms with van der Waals surface area (Å²) in [6.07, 6.45) is 0.965. The van der Waals surface area contributed by atoms with Crippen molar-refractivity contribution in [3.63, 3.8) is 0 Å². The third-order valence-corrected chi connectivity index (χ3v) is 9.21. The molecule has 3 aromatic carbocycles. The van der Waals surface area contributed by atoms with Crippen LogP contribution < -0.4 is 20.3 Å². The van der Waals surface area contributed by atoms with Gasteiger partial charge in [0.2, 0.25) is 5.91 Å². The van der Waals surface area contributed by atoms with E-state index in [0.717, 1.165) is 62.5 Å². The molecule has 5 rings (SSSR count). The van der Waals surface area contributed by atoms with Crippen molar-refractivity contribution in [2.24, 2.45) is 0 Å². The van der Waals surface area contributed by atoms with Gasteiger partial charge in [-0.05, 0) is 43.8 Å². The third-order valence-electron chi connectivity index (χ3n) is 7.01. The molecule has 1 saturated heterocycles. The van der Waals surface area contributed by atoms with Crippen LogP contribution in [0.15, 0.2) is 70.9 Å². The molecule has 1 aliphatic rings. The summed E-state index contributed by atoms with van der Waals surface area (Å²) in [7, 11) is -0.00768. The van der Waals surface area contributed by atoms with E-state index in [9.17, 15) is 13.2 Å². The van der Waals surface area contributed by atoms with Gasteiger partial charge in [-0.15, -0.1) is 11.3 Å². The molecule has 1 aromatic heterocycles. The maximum atomic E-state index is 13.5. The van der Waals surface area contributed by atoms with Crippen molar-refractivity contribution in [2.45, 2.75) is 11.3 Å². The average Bonchev–Trinajstić information content (AvgIpc) is 3.45. The van der Waals surface area contributed by atoms with Crippen molar-refractivity contribution in [1.29, 1.82) is 0 Å². The number of carbonyl (C=O) groups is 1. The van der Waals surface area contributed by atoms with Gasteiger partial charge in [-0.25, -0.2) is 13.4 Å². The molecule has 1 amide bonds. The quantitative estimate of drug-likeness (QED) is 0.206. The molecule has 42 heavy (non-hydrogen) atoms. The maximum absolute atomic E-state index is 13.5. The number of anilines is 3.